The van der Waals surface area contributed by atoms with Crippen LogP contribution in [0.2, 0.25) is 0 Å². The number of aldehydes is 1. The summed E-state index contributed by atoms with van der Waals surface area (Å²) >= 11 is 0. The van der Waals surface area contributed by atoms with Crippen molar-refractivity contribution < 1.29 is 31.7 Å². The Kier molecular flexibility index (Phi) is 4.12. The minimum atomic E-state index is -2.09. The van der Waals surface area contributed by atoms with E-state index in [0.29, 0.717) is 0 Å². The van der Waals surface area contributed by atoms with Gasteiger partial charge in [-0.3, -0.25) is 0 Å². The molecule has 0 aromatic rings. The van der Waals surface area contributed by atoms with E-state index in [0.717, 1.165) is 0 Å². The van der Waals surface area contributed by atoms with Gasteiger partial charge in [0.25, 0.3) is 0 Å². The van der Waals surface area contributed by atoms with Crippen LogP contribution in [0.3, 0.4) is 0 Å². The molecule has 72 valence electrons. The van der Waals surface area contributed by atoms with E-state index in [2.05, 4.69) is 0 Å². The number of carbonyl (C=O) groups excluding carboxylic acids is 1. The Morgan fingerprint density at radius 1 is 1.25 bits per heavy atom. The first-order valence-corrected chi connectivity index (χ1v) is 3.25. The fourth-order valence-electron chi connectivity index (χ4n) is 0.592. The predicted octanol–water partition coefficient (Wildman–Crippen LogP) is -3.38. The third-order valence-corrected chi connectivity index (χ3v) is 1.38. The number of aliphatic hydroxyl groups excluding tert-OH is 5. The average Bonchev–Trinajstić information content (AvgIpc) is 2.12. The molecule has 0 aromatic carbocycles. The Labute approximate surface area is 70.1 Å². The van der Waals surface area contributed by atoms with Crippen molar-refractivity contribution in [2.45, 2.75) is 24.4 Å². The van der Waals surface area contributed by atoms with Crippen LogP contribution in [0, 0.1) is 0 Å². The summed E-state index contributed by atoms with van der Waals surface area (Å²) < 4.78 is 6.40. The van der Waals surface area contributed by atoms with E-state index in [9.17, 15) is 4.79 Å². The van der Waals surface area contributed by atoms with Crippen LogP contribution in [0.25, 0.3) is 0 Å². The summed E-state index contributed by atoms with van der Waals surface area (Å²) in [5, 5.41) is 43.8. The number of rotatable bonds is 5. The number of carbonyl (C=O) groups is 1. The Hall–Kier alpha value is -0.530. The zero-order valence-corrected chi connectivity index (χ0v) is 6.16. The summed E-state index contributed by atoms with van der Waals surface area (Å²) in [5.41, 5.74) is 0. The van der Waals surface area contributed by atoms with Crippen LogP contribution in [0.4, 0.5) is 0 Å². The van der Waals surface area contributed by atoms with Gasteiger partial charge < -0.3 is 30.3 Å². The van der Waals surface area contributed by atoms with E-state index in [1.54, 1.807) is 0 Å². The maximum atomic E-state index is 10.2. The molecule has 0 bridgehead atoms. The van der Waals surface area contributed by atoms with Crippen LogP contribution >= 0.6 is 0 Å². The molecule has 0 aromatic heterocycles. The Bertz CT molecular complexity index is 175. The highest BCUT2D eigenvalue weighted by Crippen LogP contribution is 2.02. The smallest absolute Gasteiger partial charge is 0.151 e. The SMILES string of the molecule is [2H]C(=O)[C@H](O)[C@@H](O)[C@@H](O)[C@H](O)CO. The first kappa shape index (κ1) is 9.56. The lowest BCUT2D eigenvalue weighted by Crippen LogP contribution is -2.46. The van der Waals surface area contributed by atoms with Gasteiger partial charge in [-0.25, -0.2) is 0 Å². The van der Waals surface area contributed by atoms with E-state index in [1.165, 1.54) is 0 Å². The van der Waals surface area contributed by atoms with Crippen LogP contribution in [-0.4, -0.2) is 62.8 Å². The molecule has 6 nitrogen and oxygen atoms in total. The lowest BCUT2D eigenvalue weighted by molar-refractivity contribution is -0.136. The quantitative estimate of drug-likeness (QED) is 0.282. The van der Waals surface area contributed by atoms with Crippen LogP contribution in [0.1, 0.15) is 1.37 Å². The first-order chi connectivity index (χ1) is 5.91. The van der Waals surface area contributed by atoms with E-state index >= 15 is 0 Å². The normalized spacial score (nSPS) is 22.2. The molecule has 5 N–H and O–H groups in total. The molecule has 0 rings (SSSR count). The summed E-state index contributed by atoms with van der Waals surface area (Å²) in [5.74, 6) is 0. The summed E-state index contributed by atoms with van der Waals surface area (Å²) in [7, 11) is 0. The molecule has 4 atom stereocenters. The van der Waals surface area contributed by atoms with Gasteiger partial charge in [-0.2, -0.15) is 0 Å². The van der Waals surface area contributed by atoms with E-state index in [1.807, 2.05) is 0 Å². The van der Waals surface area contributed by atoms with Gasteiger partial charge in [-0.05, 0) is 0 Å². The molecule has 0 aliphatic heterocycles. The van der Waals surface area contributed by atoms with Gasteiger partial charge in [0.15, 0.2) is 6.26 Å². The molecular weight excluding hydrogens is 168 g/mol. The molecule has 0 unspecified atom stereocenters. The van der Waals surface area contributed by atoms with Crippen molar-refractivity contribution in [3.05, 3.63) is 0 Å². The zero-order chi connectivity index (χ0) is 10.6. The first-order valence-electron chi connectivity index (χ1n) is 3.75. The minimum absolute atomic E-state index is 0.822. The minimum Gasteiger partial charge on any atom is -0.394 e. The lowest BCUT2D eigenvalue weighted by atomic mass is 10.0. The predicted molar refractivity (Wildman–Crippen MR) is 37.2 cm³/mol. The largest absolute Gasteiger partial charge is 0.394 e. The Morgan fingerprint density at radius 3 is 2.08 bits per heavy atom. The van der Waals surface area contributed by atoms with Crippen molar-refractivity contribution >= 4 is 6.26 Å². The summed E-state index contributed by atoms with van der Waals surface area (Å²) in [6.45, 7) is -0.822. The molecule has 0 saturated heterocycles. The van der Waals surface area contributed by atoms with E-state index in [-0.39, 0.29) is 0 Å². The highest BCUT2D eigenvalue weighted by Gasteiger charge is 2.29. The fourth-order valence-corrected chi connectivity index (χ4v) is 0.592. The second kappa shape index (κ2) is 5.18. The molecule has 0 spiro atoms. The fraction of sp³-hybridized carbons (Fsp3) is 0.833. The molecular formula is C6H12O6. The van der Waals surface area contributed by atoms with Gasteiger partial charge in [0, 0.05) is 0 Å². The standard InChI is InChI=1S/C6H12O6/c7-1-3(9)5(11)6(12)4(10)2-8/h1,3-6,8-12H,2H2/t3-,4+,5+,6-/m0/s1/i1D. The van der Waals surface area contributed by atoms with Gasteiger partial charge in [-0.15, -0.1) is 0 Å². The highest BCUT2D eigenvalue weighted by molar-refractivity contribution is 5.56. The summed E-state index contributed by atoms with van der Waals surface area (Å²) in [6.07, 6.45) is -9.07. The van der Waals surface area contributed by atoms with Gasteiger partial charge >= 0.3 is 0 Å². The monoisotopic (exact) mass is 181 g/mol. The Balaban J connectivity index is 4.24. The molecule has 0 aliphatic rings. The number of hydrogen-bond acceptors (Lipinski definition) is 6. The lowest BCUT2D eigenvalue weighted by Gasteiger charge is -2.22. The van der Waals surface area contributed by atoms with Crippen molar-refractivity contribution in [3.63, 3.8) is 0 Å². The van der Waals surface area contributed by atoms with Crippen molar-refractivity contribution in [2.24, 2.45) is 0 Å². The second-order valence-corrected chi connectivity index (χ2v) is 2.29. The summed E-state index contributed by atoms with van der Waals surface area (Å²) in [6, 6.07) is 0. The van der Waals surface area contributed by atoms with Crippen LogP contribution in [-0.2, 0) is 4.79 Å². The maximum absolute atomic E-state index is 10.2. The van der Waals surface area contributed by atoms with Gasteiger partial charge in [-0.1, -0.05) is 0 Å². The third-order valence-electron chi connectivity index (χ3n) is 1.38. The van der Waals surface area contributed by atoms with Gasteiger partial charge in [0.05, 0.1) is 6.61 Å². The van der Waals surface area contributed by atoms with Crippen molar-refractivity contribution in [1.82, 2.24) is 0 Å². The Morgan fingerprint density at radius 2 is 1.75 bits per heavy atom. The maximum Gasteiger partial charge on any atom is 0.151 e. The van der Waals surface area contributed by atoms with Crippen LogP contribution < -0.4 is 0 Å². The molecule has 0 radical (unpaired) electrons. The molecule has 0 aliphatic carbocycles. The molecule has 6 heteroatoms. The van der Waals surface area contributed by atoms with Crippen molar-refractivity contribution in [2.75, 3.05) is 6.61 Å². The zero-order valence-electron chi connectivity index (χ0n) is 7.16. The van der Waals surface area contributed by atoms with Crippen molar-refractivity contribution in [1.29, 1.82) is 0 Å². The summed E-state index contributed by atoms with van der Waals surface area (Å²) in [4.78, 5) is 10.2. The van der Waals surface area contributed by atoms with Crippen molar-refractivity contribution in [3.8, 4) is 0 Å². The topological polar surface area (TPSA) is 118 Å². The third kappa shape index (κ3) is 2.84. The average molecular weight is 181 g/mol. The molecule has 12 heavy (non-hydrogen) atoms. The van der Waals surface area contributed by atoms with Gasteiger partial charge in [0.1, 0.15) is 25.8 Å². The molecule has 0 heterocycles. The second-order valence-electron chi connectivity index (χ2n) is 2.29. The van der Waals surface area contributed by atoms with E-state index in [4.69, 9.17) is 26.9 Å². The molecule has 0 amide bonds. The highest BCUT2D eigenvalue weighted by atomic mass is 16.4. The van der Waals surface area contributed by atoms with Gasteiger partial charge in [0.2, 0.25) is 0 Å². The molecule has 0 fully saturated rings. The van der Waals surface area contributed by atoms with E-state index < -0.39 is 37.3 Å². The number of hydrogen-bond donors (Lipinski definition) is 5. The molecule has 0 saturated carbocycles. The van der Waals surface area contributed by atoms with Crippen LogP contribution in [0.5, 0.6) is 0 Å². The number of aliphatic hydroxyl groups is 5. The van der Waals surface area contributed by atoms with Crippen LogP contribution in [0.15, 0.2) is 0 Å².